The van der Waals surface area contributed by atoms with E-state index in [4.69, 9.17) is 16.7 Å². The van der Waals surface area contributed by atoms with Crippen LogP contribution in [0.15, 0.2) is 24.3 Å². The second kappa shape index (κ2) is 6.99. The van der Waals surface area contributed by atoms with E-state index in [2.05, 4.69) is 5.32 Å². The molecule has 0 bridgehead atoms. The van der Waals surface area contributed by atoms with Crippen molar-refractivity contribution < 1.29 is 14.7 Å². The number of rotatable bonds is 6. The minimum Gasteiger partial charge on any atom is -0.480 e. The van der Waals surface area contributed by atoms with Crippen LogP contribution in [-0.2, 0) is 9.59 Å². The Kier molecular flexibility index (Phi) is 5.63. The molecule has 6 heteroatoms. The first-order chi connectivity index (χ1) is 8.88. The van der Waals surface area contributed by atoms with Crippen molar-refractivity contribution in [1.82, 2.24) is 5.32 Å². The Morgan fingerprint density at radius 3 is 2.58 bits per heavy atom. The Labute approximate surface area is 117 Å². The van der Waals surface area contributed by atoms with Crippen molar-refractivity contribution in [2.75, 3.05) is 18.0 Å². The molecule has 0 radical (unpaired) electrons. The Balaban J connectivity index is 2.83. The first kappa shape index (κ1) is 15.3. The lowest BCUT2D eigenvalue weighted by Crippen LogP contribution is -2.42. The molecule has 0 aliphatic heterocycles. The van der Waals surface area contributed by atoms with E-state index < -0.39 is 5.97 Å². The van der Waals surface area contributed by atoms with Crippen LogP contribution < -0.4 is 10.2 Å². The molecule has 0 aliphatic rings. The van der Waals surface area contributed by atoms with Gasteiger partial charge in [0, 0.05) is 16.8 Å². The minimum absolute atomic E-state index is 0.0125. The molecule has 0 unspecified atom stereocenters. The number of nitrogens with one attached hydrogen (secondary N) is 1. The number of aliphatic carboxylic acids is 1. The summed E-state index contributed by atoms with van der Waals surface area (Å²) in [5, 5.41) is 12.1. The van der Waals surface area contributed by atoms with Crippen LogP contribution in [0.3, 0.4) is 0 Å². The maximum absolute atomic E-state index is 11.7. The molecular weight excluding hydrogens is 268 g/mol. The Morgan fingerprint density at radius 1 is 1.37 bits per heavy atom. The van der Waals surface area contributed by atoms with Crippen molar-refractivity contribution in [2.24, 2.45) is 0 Å². The van der Waals surface area contributed by atoms with Gasteiger partial charge in [0.25, 0.3) is 0 Å². The maximum atomic E-state index is 11.7. The zero-order valence-electron chi connectivity index (χ0n) is 10.9. The van der Waals surface area contributed by atoms with Gasteiger partial charge in [-0.25, -0.2) is 0 Å². The monoisotopic (exact) mass is 284 g/mol. The number of anilines is 1. The van der Waals surface area contributed by atoms with E-state index in [0.29, 0.717) is 10.7 Å². The van der Waals surface area contributed by atoms with E-state index in [1.807, 2.05) is 13.8 Å². The molecule has 1 amide bonds. The average Bonchev–Trinajstić information content (AvgIpc) is 2.26. The topological polar surface area (TPSA) is 69.6 Å². The van der Waals surface area contributed by atoms with Crippen molar-refractivity contribution in [3.05, 3.63) is 29.3 Å². The van der Waals surface area contributed by atoms with Crippen LogP contribution in [0.4, 0.5) is 5.69 Å². The predicted molar refractivity (Wildman–Crippen MR) is 74.6 cm³/mol. The van der Waals surface area contributed by atoms with E-state index >= 15 is 0 Å². The quantitative estimate of drug-likeness (QED) is 0.835. The molecule has 0 aromatic heterocycles. The number of nitrogens with zero attached hydrogens (tertiary/aromatic N) is 1. The van der Waals surface area contributed by atoms with Crippen LogP contribution in [0.5, 0.6) is 0 Å². The standard InChI is InChI=1S/C13H17ClN2O3/c1-9(2)15-12(17)7-16(8-13(18)19)11-5-3-4-10(14)6-11/h3-6,9H,7-8H2,1-2H3,(H,15,17)(H,18,19). The fourth-order valence-corrected chi connectivity index (χ4v) is 1.80. The third-order valence-corrected chi connectivity index (χ3v) is 2.52. The highest BCUT2D eigenvalue weighted by molar-refractivity contribution is 6.30. The van der Waals surface area contributed by atoms with E-state index in [1.54, 1.807) is 24.3 Å². The molecule has 0 fully saturated rings. The molecule has 0 saturated carbocycles. The Hall–Kier alpha value is -1.75. The third-order valence-electron chi connectivity index (χ3n) is 2.28. The molecule has 5 nitrogen and oxygen atoms in total. The number of halogens is 1. The number of carbonyl (C=O) groups excluding carboxylic acids is 1. The molecular formula is C13H17ClN2O3. The lowest BCUT2D eigenvalue weighted by molar-refractivity contribution is -0.135. The number of carbonyl (C=O) groups is 2. The lowest BCUT2D eigenvalue weighted by atomic mass is 10.2. The minimum atomic E-state index is -1.00. The highest BCUT2D eigenvalue weighted by atomic mass is 35.5. The normalized spacial score (nSPS) is 10.3. The molecule has 1 aromatic carbocycles. The fourth-order valence-electron chi connectivity index (χ4n) is 1.62. The number of hydrogen-bond acceptors (Lipinski definition) is 3. The SMILES string of the molecule is CC(C)NC(=O)CN(CC(=O)O)c1cccc(Cl)c1. The largest absolute Gasteiger partial charge is 0.480 e. The molecule has 0 aliphatic carbocycles. The smallest absolute Gasteiger partial charge is 0.323 e. The van der Waals surface area contributed by atoms with Crippen LogP contribution >= 0.6 is 11.6 Å². The Morgan fingerprint density at radius 2 is 2.05 bits per heavy atom. The van der Waals surface area contributed by atoms with Crippen molar-refractivity contribution in [2.45, 2.75) is 19.9 Å². The summed E-state index contributed by atoms with van der Waals surface area (Å²) in [5.41, 5.74) is 0.605. The van der Waals surface area contributed by atoms with Gasteiger partial charge in [0.05, 0.1) is 6.54 Å². The molecule has 1 aromatic rings. The molecule has 2 N–H and O–H groups in total. The predicted octanol–water partition coefficient (Wildman–Crippen LogP) is 1.76. The van der Waals surface area contributed by atoms with Crippen molar-refractivity contribution in [1.29, 1.82) is 0 Å². The summed E-state index contributed by atoms with van der Waals surface area (Å²) >= 11 is 5.87. The van der Waals surface area contributed by atoms with Gasteiger partial charge in [-0.2, -0.15) is 0 Å². The van der Waals surface area contributed by atoms with Gasteiger partial charge in [0.15, 0.2) is 0 Å². The zero-order chi connectivity index (χ0) is 14.4. The molecule has 0 spiro atoms. The van der Waals surface area contributed by atoms with E-state index in [0.717, 1.165) is 0 Å². The highest BCUT2D eigenvalue weighted by Gasteiger charge is 2.15. The van der Waals surface area contributed by atoms with E-state index in [-0.39, 0.29) is 25.0 Å². The maximum Gasteiger partial charge on any atom is 0.323 e. The van der Waals surface area contributed by atoms with Gasteiger partial charge in [-0.3, -0.25) is 9.59 Å². The lowest BCUT2D eigenvalue weighted by Gasteiger charge is -2.23. The van der Waals surface area contributed by atoms with Crippen molar-refractivity contribution in [3.8, 4) is 0 Å². The van der Waals surface area contributed by atoms with Crippen molar-refractivity contribution in [3.63, 3.8) is 0 Å². The first-order valence-electron chi connectivity index (χ1n) is 5.90. The summed E-state index contributed by atoms with van der Waals surface area (Å²) in [6, 6.07) is 6.77. The molecule has 0 saturated heterocycles. The molecule has 0 atom stereocenters. The van der Waals surface area contributed by atoms with E-state index in [9.17, 15) is 9.59 Å². The average molecular weight is 285 g/mol. The van der Waals surface area contributed by atoms with Gasteiger partial charge in [-0.05, 0) is 32.0 Å². The van der Waals surface area contributed by atoms with Gasteiger partial charge in [-0.15, -0.1) is 0 Å². The van der Waals surface area contributed by atoms with Gasteiger partial charge in [-0.1, -0.05) is 17.7 Å². The molecule has 104 valence electrons. The molecule has 19 heavy (non-hydrogen) atoms. The number of carboxylic acid groups (broad SMARTS) is 1. The van der Waals surface area contributed by atoms with Gasteiger partial charge in [0.1, 0.15) is 6.54 Å². The summed E-state index contributed by atoms with van der Waals surface area (Å²) in [6.45, 7) is 3.41. The summed E-state index contributed by atoms with van der Waals surface area (Å²) in [4.78, 5) is 24.1. The van der Waals surface area contributed by atoms with Crippen LogP contribution in [0.2, 0.25) is 5.02 Å². The number of benzene rings is 1. The van der Waals surface area contributed by atoms with Gasteiger partial charge < -0.3 is 15.3 Å². The number of carboxylic acids is 1. The van der Waals surface area contributed by atoms with Crippen LogP contribution in [0, 0.1) is 0 Å². The van der Waals surface area contributed by atoms with Crippen LogP contribution in [0.25, 0.3) is 0 Å². The highest BCUT2D eigenvalue weighted by Crippen LogP contribution is 2.19. The van der Waals surface area contributed by atoms with E-state index in [1.165, 1.54) is 4.90 Å². The fraction of sp³-hybridized carbons (Fsp3) is 0.385. The van der Waals surface area contributed by atoms with Gasteiger partial charge in [0.2, 0.25) is 5.91 Å². The second-order valence-electron chi connectivity index (χ2n) is 4.45. The summed E-state index contributed by atoms with van der Waals surface area (Å²) < 4.78 is 0. The molecule has 0 heterocycles. The van der Waals surface area contributed by atoms with Crippen molar-refractivity contribution >= 4 is 29.2 Å². The summed E-state index contributed by atoms with van der Waals surface area (Å²) in [7, 11) is 0. The Bertz CT molecular complexity index is 463. The third kappa shape index (κ3) is 5.61. The first-order valence-corrected chi connectivity index (χ1v) is 6.28. The summed E-state index contributed by atoms with van der Waals surface area (Å²) in [6.07, 6.45) is 0. The van der Waals surface area contributed by atoms with Crippen LogP contribution in [0.1, 0.15) is 13.8 Å². The number of amides is 1. The molecule has 1 rings (SSSR count). The number of hydrogen-bond donors (Lipinski definition) is 2. The van der Waals surface area contributed by atoms with Crippen LogP contribution in [-0.4, -0.2) is 36.1 Å². The zero-order valence-corrected chi connectivity index (χ0v) is 11.6. The second-order valence-corrected chi connectivity index (χ2v) is 4.89. The van der Waals surface area contributed by atoms with Gasteiger partial charge >= 0.3 is 5.97 Å². The summed E-state index contributed by atoms with van der Waals surface area (Å²) in [5.74, 6) is -1.23.